The summed E-state index contributed by atoms with van der Waals surface area (Å²) < 4.78 is 0. The summed E-state index contributed by atoms with van der Waals surface area (Å²) >= 11 is 1.97. The van der Waals surface area contributed by atoms with Crippen LogP contribution < -0.4 is 5.32 Å². The maximum atomic E-state index is 8.67. The molecule has 0 radical (unpaired) electrons. The Morgan fingerprint density at radius 3 is 2.93 bits per heavy atom. The molecule has 0 aromatic heterocycles. The Morgan fingerprint density at radius 1 is 1.57 bits per heavy atom. The van der Waals surface area contributed by atoms with E-state index in [1.807, 2.05) is 11.8 Å². The molecule has 3 heteroatoms. The highest BCUT2D eigenvalue weighted by Gasteiger charge is 2.27. The first-order valence-electron chi connectivity index (χ1n) is 5.47. The smallest absolute Gasteiger partial charge is 0.0638 e. The molecule has 0 amide bonds. The summed E-state index contributed by atoms with van der Waals surface area (Å²) in [5, 5.41) is 13.1. The van der Waals surface area contributed by atoms with Crippen molar-refractivity contribution in [2.45, 2.75) is 56.4 Å². The molecule has 1 aliphatic rings. The van der Waals surface area contributed by atoms with E-state index >= 15 is 0 Å². The van der Waals surface area contributed by atoms with E-state index in [1.165, 1.54) is 19.3 Å². The van der Waals surface area contributed by atoms with Gasteiger partial charge in [0.05, 0.1) is 12.5 Å². The van der Waals surface area contributed by atoms with Crippen molar-refractivity contribution >= 4 is 11.8 Å². The van der Waals surface area contributed by atoms with Gasteiger partial charge in [-0.25, -0.2) is 0 Å². The Kier molecular flexibility index (Phi) is 5.36. The lowest BCUT2D eigenvalue weighted by molar-refractivity contribution is 0.429. The van der Waals surface area contributed by atoms with E-state index in [4.69, 9.17) is 5.26 Å². The van der Waals surface area contributed by atoms with E-state index < -0.39 is 0 Å². The van der Waals surface area contributed by atoms with Crippen LogP contribution in [0.5, 0.6) is 0 Å². The van der Waals surface area contributed by atoms with Crippen LogP contribution in [-0.2, 0) is 0 Å². The van der Waals surface area contributed by atoms with E-state index in [0.717, 1.165) is 11.7 Å². The zero-order valence-corrected chi connectivity index (χ0v) is 9.94. The van der Waals surface area contributed by atoms with Crippen molar-refractivity contribution in [2.75, 3.05) is 6.26 Å². The molecule has 0 heterocycles. The van der Waals surface area contributed by atoms with Gasteiger partial charge < -0.3 is 5.32 Å². The molecular weight excluding hydrogens is 192 g/mol. The van der Waals surface area contributed by atoms with Gasteiger partial charge in [0.1, 0.15) is 0 Å². The van der Waals surface area contributed by atoms with Gasteiger partial charge in [-0.2, -0.15) is 17.0 Å². The lowest BCUT2D eigenvalue weighted by Gasteiger charge is -2.24. The Labute approximate surface area is 91.4 Å². The number of nitrogens with zero attached hydrogens (tertiary/aromatic N) is 1. The fourth-order valence-electron chi connectivity index (χ4n) is 2.13. The van der Waals surface area contributed by atoms with Crippen molar-refractivity contribution in [1.82, 2.24) is 5.32 Å². The predicted octanol–water partition coefficient (Wildman–Crippen LogP) is 2.55. The summed E-state index contributed by atoms with van der Waals surface area (Å²) in [5.74, 6) is 0. The van der Waals surface area contributed by atoms with Crippen LogP contribution in [0.25, 0.3) is 0 Å². The highest BCUT2D eigenvalue weighted by molar-refractivity contribution is 7.99. The van der Waals surface area contributed by atoms with Gasteiger partial charge in [-0.3, -0.25) is 0 Å². The van der Waals surface area contributed by atoms with Gasteiger partial charge >= 0.3 is 0 Å². The molecule has 1 fully saturated rings. The Morgan fingerprint density at radius 2 is 2.36 bits per heavy atom. The topological polar surface area (TPSA) is 35.8 Å². The molecule has 3 unspecified atom stereocenters. The molecule has 0 saturated heterocycles. The first-order chi connectivity index (χ1) is 6.81. The molecule has 0 spiro atoms. The minimum absolute atomic E-state index is 0.401. The summed E-state index contributed by atoms with van der Waals surface area (Å²) in [6.07, 6.45) is 7.86. The third kappa shape index (κ3) is 3.18. The van der Waals surface area contributed by atoms with Crippen LogP contribution in [0.2, 0.25) is 0 Å². The van der Waals surface area contributed by atoms with Crippen LogP contribution in [0.4, 0.5) is 0 Å². The van der Waals surface area contributed by atoms with Crippen molar-refractivity contribution in [3.05, 3.63) is 0 Å². The number of rotatable bonds is 5. The second-order valence-electron chi connectivity index (χ2n) is 3.95. The lowest BCUT2D eigenvalue weighted by atomic mass is 10.1. The molecule has 1 N–H and O–H groups in total. The number of hydrogen-bond donors (Lipinski definition) is 1. The van der Waals surface area contributed by atoms with Crippen LogP contribution in [-0.4, -0.2) is 23.6 Å². The quantitative estimate of drug-likeness (QED) is 0.761. The molecule has 1 rings (SSSR count). The van der Waals surface area contributed by atoms with E-state index in [1.54, 1.807) is 0 Å². The Balaban J connectivity index is 2.37. The number of thioether (sulfide) groups is 1. The van der Waals surface area contributed by atoms with E-state index in [-0.39, 0.29) is 0 Å². The van der Waals surface area contributed by atoms with Crippen LogP contribution in [0.1, 0.15) is 39.0 Å². The third-order valence-electron chi connectivity index (χ3n) is 3.04. The minimum atomic E-state index is 0.401. The second-order valence-corrected chi connectivity index (χ2v) is 5.02. The van der Waals surface area contributed by atoms with Gasteiger partial charge in [0.25, 0.3) is 0 Å². The molecule has 0 aliphatic heterocycles. The van der Waals surface area contributed by atoms with Crippen LogP contribution in [0.3, 0.4) is 0 Å². The largest absolute Gasteiger partial charge is 0.309 e. The standard InChI is InChI=1S/C11H20N2S/c1-3-9(7-8-12)13-10-5-4-6-11(10)14-2/h9-11,13H,3-7H2,1-2H3. The summed E-state index contributed by atoms with van der Waals surface area (Å²) in [4.78, 5) is 0. The molecule has 14 heavy (non-hydrogen) atoms. The SMILES string of the molecule is CCC(CC#N)NC1CCCC1SC. The zero-order valence-electron chi connectivity index (χ0n) is 9.12. The molecule has 1 aliphatic carbocycles. The van der Waals surface area contributed by atoms with E-state index in [2.05, 4.69) is 24.6 Å². The number of nitrogens with one attached hydrogen (secondary N) is 1. The summed E-state index contributed by atoms with van der Waals surface area (Å²) in [6.45, 7) is 2.15. The lowest BCUT2D eigenvalue weighted by Crippen LogP contribution is -2.41. The first kappa shape index (κ1) is 11.9. The maximum Gasteiger partial charge on any atom is 0.0638 e. The van der Waals surface area contributed by atoms with E-state index in [0.29, 0.717) is 18.5 Å². The molecule has 0 aromatic rings. The predicted molar refractivity (Wildman–Crippen MR) is 62.4 cm³/mol. The van der Waals surface area contributed by atoms with Gasteiger partial charge in [0.15, 0.2) is 0 Å². The molecule has 0 bridgehead atoms. The van der Waals surface area contributed by atoms with Crippen molar-refractivity contribution in [3.8, 4) is 6.07 Å². The van der Waals surface area contributed by atoms with Crippen molar-refractivity contribution in [2.24, 2.45) is 0 Å². The zero-order chi connectivity index (χ0) is 10.4. The molecular formula is C11H20N2S. The van der Waals surface area contributed by atoms with Crippen molar-refractivity contribution in [1.29, 1.82) is 5.26 Å². The number of nitriles is 1. The minimum Gasteiger partial charge on any atom is -0.309 e. The molecule has 2 nitrogen and oxygen atoms in total. The average Bonchev–Trinajstić information content (AvgIpc) is 2.64. The highest BCUT2D eigenvalue weighted by atomic mass is 32.2. The fraction of sp³-hybridized carbons (Fsp3) is 0.909. The monoisotopic (exact) mass is 212 g/mol. The van der Waals surface area contributed by atoms with Crippen LogP contribution in [0.15, 0.2) is 0 Å². The molecule has 1 saturated carbocycles. The third-order valence-corrected chi connectivity index (χ3v) is 4.21. The molecule has 80 valence electrons. The molecule has 3 atom stereocenters. The second kappa shape index (κ2) is 6.31. The highest BCUT2D eigenvalue weighted by Crippen LogP contribution is 2.28. The first-order valence-corrected chi connectivity index (χ1v) is 6.76. The summed E-state index contributed by atoms with van der Waals surface area (Å²) in [5.41, 5.74) is 0. The normalized spacial score (nSPS) is 28.6. The maximum absolute atomic E-state index is 8.67. The van der Waals surface area contributed by atoms with Gasteiger partial charge in [0.2, 0.25) is 0 Å². The Bertz CT molecular complexity index is 200. The summed E-state index contributed by atoms with van der Waals surface area (Å²) in [7, 11) is 0. The van der Waals surface area contributed by atoms with Gasteiger partial charge in [-0.05, 0) is 25.5 Å². The number of hydrogen-bond acceptors (Lipinski definition) is 3. The van der Waals surface area contributed by atoms with Crippen LogP contribution in [0, 0.1) is 11.3 Å². The van der Waals surface area contributed by atoms with E-state index in [9.17, 15) is 0 Å². The van der Waals surface area contributed by atoms with Gasteiger partial charge in [-0.15, -0.1) is 0 Å². The van der Waals surface area contributed by atoms with Crippen molar-refractivity contribution in [3.63, 3.8) is 0 Å². The summed E-state index contributed by atoms with van der Waals surface area (Å²) in [6, 6.07) is 3.30. The molecule has 0 aromatic carbocycles. The average molecular weight is 212 g/mol. The van der Waals surface area contributed by atoms with Gasteiger partial charge in [0, 0.05) is 17.3 Å². The van der Waals surface area contributed by atoms with Crippen molar-refractivity contribution < 1.29 is 0 Å². The van der Waals surface area contributed by atoms with Gasteiger partial charge in [-0.1, -0.05) is 13.3 Å². The fourth-order valence-corrected chi connectivity index (χ4v) is 3.08. The Hall–Kier alpha value is -0.200. The van der Waals surface area contributed by atoms with Crippen LogP contribution >= 0.6 is 11.8 Å².